The Balaban J connectivity index is 3.32. The molecule has 0 bridgehead atoms. The molecule has 0 radical (unpaired) electrons. The maximum Gasteiger partial charge on any atom is 0.0662 e. The Hall–Kier alpha value is -0.0800. The first-order valence-corrected chi connectivity index (χ1v) is 12.6. The minimum Gasteiger partial charge on any atom is -0.392 e. The van der Waals surface area contributed by atoms with Gasteiger partial charge in [-0.1, -0.05) is 136 Å². The summed E-state index contributed by atoms with van der Waals surface area (Å²) in [4.78, 5) is 0. The molecule has 2 heteroatoms. The SMILES string of the molecule is CCCCCCCCCCCCC(CC)CCCCCCCCC(O)CN. The molecule has 0 aromatic heterocycles. The first-order chi connectivity index (χ1) is 13.2. The van der Waals surface area contributed by atoms with Crippen molar-refractivity contribution in [2.45, 2.75) is 148 Å². The van der Waals surface area contributed by atoms with Crippen LogP contribution in [-0.2, 0) is 0 Å². The lowest BCUT2D eigenvalue weighted by Gasteiger charge is -2.14. The monoisotopic (exact) mass is 383 g/mol. The number of hydrogen-bond acceptors (Lipinski definition) is 2. The van der Waals surface area contributed by atoms with Crippen molar-refractivity contribution < 1.29 is 5.11 Å². The number of rotatable bonds is 22. The molecule has 27 heavy (non-hydrogen) atoms. The van der Waals surface area contributed by atoms with E-state index in [1.807, 2.05) is 0 Å². The van der Waals surface area contributed by atoms with Crippen LogP contribution in [0, 0.1) is 5.92 Å². The van der Waals surface area contributed by atoms with Crippen molar-refractivity contribution in [3.63, 3.8) is 0 Å². The summed E-state index contributed by atoms with van der Waals surface area (Å²) < 4.78 is 0. The highest BCUT2D eigenvalue weighted by molar-refractivity contribution is 4.60. The zero-order chi connectivity index (χ0) is 20.0. The zero-order valence-electron chi connectivity index (χ0n) is 19.0. The van der Waals surface area contributed by atoms with Crippen LogP contribution in [0.3, 0.4) is 0 Å². The molecule has 0 heterocycles. The van der Waals surface area contributed by atoms with Crippen molar-refractivity contribution in [2.24, 2.45) is 11.7 Å². The second-order valence-electron chi connectivity index (χ2n) is 8.83. The molecule has 0 aromatic carbocycles. The van der Waals surface area contributed by atoms with E-state index >= 15 is 0 Å². The van der Waals surface area contributed by atoms with Crippen molar-refractivity contribution in [3.05, 3.63) is 0 Å². The number of hydrogen-bond donors (Lipinski definition) is 2. The van der Waals surface area contributed by atoms with Gasteiger partial charge in [-0.2, -0.15) is 0 Å². The third-order valence-corrected chi connectivity index (χ3v) is 6.22. The van der Waals surface area contributed by atoms with E-state index in [1.165, 1.54) is 116 Å². The summed E-state index contributed by atoms with van der Waals surface area (Å²) in [7, 11) is 0. The highest BCUT2D eigenvalue weighted by Crippen LogP contribution is 2.22. The lowest BCUT2D eigenvalue weighted by Crippen LogP contribution is -2.19. The standard InChI is InChI=1S/C25H53NO/c1-3-5-6-7-8-9-10-11-14-17-20-24(4-2)21-18-15-12-13-16-19-22-25(27)23-26/h24-25,27H,3-23,26H2,1-2H3. The molecule has 0 amide bonds. The number of aliphatic hydroxyl groups is 1. The second-order valence-corrected chi connectivity index (χ2v) is 8.83. The van der Waals surface area contributed by atoms with E-state index in [9.17, 15) is 5.11 Å². The van der Waals surface area contributed by atoms with Crippen LogP contribution in [0.25, 0.3) is 0 Å². The van der Waals surface area contributed by atoms with Gasteiger partial charge in [-0.05, 0) is 12.3 Å². The predicted octanol–water partition coefficient (Wildman–Crippen LogP) is 7.76. The first kappa shape index (κ1) is 26.9. The Labute approximate surface area is 172 Å². The van der Waals surface area contributed by atoms with Crippen LogP contribution >= 0.6 is 0 Å². The summed E-state index contributed by atoms with van der Waals surface area (Å²) in [6, 6.07) is 0. The van der Waals surface area contributed by atoms with Gasteiger partial charge in [-0.15, -0.1) is 0 Å². The molecule has 0 fully saturated rings. The van der Waals surface area contributed by atoms with Gasteiger partial charge in [0.05, 0.1) is 6.10 Å². The van der Waals surface area contributed by atoms with E-state index in [4.69, 9.17) is 5.73 Å². The van der Waals surface area contributed by atoms with E-state index in [0.29, 0.717) is 6.54 Å². The molecule has 0 aliphatic carbocycles. The van der Waals surface area contributed by atoms with Gasteiger partial charge in [0.2, 0.25) is 0 Å². The Kier molecular flexibility index (Phi) is 22.1. The largest absolute Gasteiger partial charge is 0.392 e. The van der Waals surface area contributed by atoms with E-state index in [-0.39, 0.29) is 6.10 Å². The molecule has 0 saturated heterocycles. The summed E-state index contributed by atoms with van der Waals surface area (Å²) in [5.41, 5.74) is 5.43. The van der Waals surface area contributed by atoms with Crippen LogP contribution < -0.4 is 5.73 Å². The minimum atomic E-state index is -0.277. The summed E-state index contributed by atoms with van der Waals surface area (Å²) in [6.07, 6.45) is 27.2. The molecule has 3 N–H and O–H groups in total. The molecular weight excluding hydrogens is 330 g/mol. The van der Waals surface area contributed by atoms with Crippen molar-refractivity contribution in [3.8, 4) is 0 Å². The molecule has 2 nitrogen and oxygen atoms in total. The number of unbranched alkanes of at least 4 members (excludes halogenated alkanes) is 14. The predicted molar refractivity (Wildman–Crippen MR) is 122 cm³/mol. The minimum absolute atomic E-state index is 0.277. The van der Waals surface area contributed by atoms with Gasteiger partial charge in [-0.25, -0.2) is 0 Å². The van der Waals surface area contributed by atoms with Gasteiger partial charge in [0, 0.05) is 6.54 Å². The fourth-order valence-corrected chi connectivity index (χ4v) is 4.11. The van der Waals surface area contributed by atoms with Crippen LogP contribution in [0.4, 0.5) is 0 Å². The smallest absolute Gasteiger partial charge is 0.0662 e. The van der Waals surface area contributed by atoms with Crippen LogP contribution in [0.1, 0.15) is 142 Å². The fourth-order valence-electron chi connectivity index (χ4n) is 4.11. The Morgan fingerprint density at radius 1 is 0.556 bits per heavy atom. The maximum atomic E-state index is 9.43. The van der Waals surface area contributed by atoms with Crippen LogP contribution in [0.15, 0.2) is 0 Å². The Morgan fingerprint density at radius 3 is 1.30 bits per heavy atom. The quantitative estimate of drug-likeness (QED) is 0.188. The van der Waals surface area contributed by atoms with E-state index < -0.39 is 0 Å². The second kappa shape index (κ2) is 22.2. The molecule has 2 atom stereocenters. The average molecular weight is 384 g/mol. The number of nitrogens with two attached hydrogens (primary N) is 1. The van der Waals surface area contributed by atoms with E-state index in [1.54, 1.807) is 0 Å². The lowest BCUT2D eigenvalue weighted by atomic mass is 9.92. The fraction of sp³-hybridized carbons (Fsp3) is 1.00. The zero-order valence-corrected chi connectivity index (χ0v) is 19.0. The van der Waals surface area contributed by atoms with Crippen LogP contribution in [0.5, 0.6) is 0 Å². The Morgan fingerprint density at radius 2 is 0.926 bits per heavy atom. The van der Waals surface area contributed by atoms with Crippen molar-refractivity contribution in [1.29, 1.82) is 0 Å². The summed E-state index contributed by atoms with van der Waals surface area (Å²) in [5.74, 6) is 0.971. The molecule has 0 saturated carbocycles. The molecule has 0 spiro atoms. The van der Waals surface area contributed by atoms with Crippen LogP contribution in [0.2, 0.25) is 0 Å². The van der Waals surface area contributed by atoms with Crippen LogP contribution in [-0.4, -0.2) is 17.8 Å². The lowest BCUT2D eigenvalue weighted by molar-refractivity contribution is 0.168. The number of aliphatic hydroxyl groups excluding tert-OH is 1. The normalized spacial score (nSPS) is 13.8. The van der Waals surface area contributed by atoms with E-state index in [0.717, 1.165) is 18.8 Å². The molecular formula is C25H53NO. The molecule has 0 aliphatic heterocycles. The van der Waals surface area contributed by atoms with Crippen molar-refractivity contribution in [1.82, 2.24) is 0 Å². The van der Waals surface area contributed by atoms with Gasteiger partial charge in [0.1, 0.15) is 0 Å². The molecule has 0 aliphatic rings. The van der Waals surface area contributed by atoms with Gasteiger partial charge >= 0.3 is 0 Å². The van der Waals surface area contributed by atoms with Gasteiger partial charge in [0.25, 0.3) is 0 Å². The summed E-state index contributed by atoms with van der Waals surface area (Å²) in [6.45, 7) is 5.09. The summed E-state index contributed by atoms with van der Waals surface area (Å²) >= 11 is 0. The summed E-state index contributed by atoms with van der Waals surface area (Å²) in [5, 5.41) is 9.43. The molecule has 0 aromatic rings. The van der Waals surface area contributed by atoms with E-state index in [2.05, 4.69) is 13.8 Å². The Bertz CT molecular complexity index is 269. The first-order valence-electron chi connectivity index (χ1n) is 12.6. The molecule has 2 unspecified atom stereocenters. The highest BCUT2D eigenvalue weighted by Gasteiger charge is 2.06. The van der Waals surface area contributed by atoms with Crippen molar-refractivity contribution >= 4 is 0 Å². The third kappa shape index (κ3) is 20.5. The topological polar surface area (TPSA) is 46.2 Å². The van der Waals surface area contributed by atoms with Crippen molar-refractivity contribution in [2.75, 3.05) is 6.54 Å². The van der Waals surface area contributed by atoms with Gasteiger partial charge in [0.15, 0.2) is 0 Å². The average Bonchev–Trinajstić information content (AvgIpc) is 2.69. The maximum absolute atomic E-state index is 9.43. The third-order valence-electron chi connectivity index (χ3n) is 6.22. The molecule has 164 valence electrons. The molecule has 0 rings (SSSR count). The highest BCUT2D eigenvalue weighted by atomic mass is 16.3. The van der Waals surface area contributed by atoms with Gasteiger partial charge in [-0.3, -0.25) is 0 Å². The van der Waals surface area contributed by atoms with Gasteiger partial charge < -0.3 is 10.8 Å².